The lowest BCUT2D eigenvalue weighted by molar-refractivity contribution is -0.137. The van der Waals surface area contributed by atoms with Crippen molar-refractivity contribution in [1.29, 1.82) is 0 Å². The van der Waals surface area contributed by atoms with Gasteiger partial charge in [-0.15, -0.1) is 11.3 Å². The number of alkyl halides is 3. The number of hydrogen-bond acceptors (Lipinski definition) is 5. The molecule has 2 aromatic heterocycles. The quantitative estimate of drug-likeness (QED) is 0.546. The number of nitrogens with zero attached hydrogens (tertiary/aromatic N) is 3. The van der Waals surface area contributed by atoms with Crippen molar-refractivity contribution in [3.05, 3.63) is 64.9 Å². The summed E-state index contributed by atoms with van der Waals surface area (Å²) in [7, 11) is 0. The van der Waals surface area contributed by atoms with Crippen molar-refractivity contribution in [2.45, 2.75) is 19.6 Å². The summed E-state index contributed by atoms with van der Waals surface area (Å²) in [4.78, 5) is 16.9. The summed E-state index contributed by atoms with van der Waals surface area (Å²) >= 11 is 1.24. The van der Waals surface area contributed by atoms with E-state index in [-0.39, 0.29) is 13.2 Å². The summed E-state index contributed by atoms with van der Waals surface area (Å²) in [5.41, 5.74) is 0.566. The first-order chi connectivity index (χ1) is 13.3. The first-order valence-electron chi connectivity index (χ1n) is 8.31. The van der Waals surface area contributed by atoms with Crippen LogP contribution >= 0.6 is 11.3 Å². The molecule has 0 saturated carbocycles. The van der Waals surface area contributed by atoms with Crippen LogP contribution in [0.3, 0.4) is 0 Å². The SMILES string of the molecule is C=Cc1sc(-c2cccc(C(F)(F)F)c2)nc1Cn1cc(C(=O)OCC)cn1. The van der Waals surface area contributed by atoms with Gasteiger partial charge in [0.25, 0.3) is 0 Å². The molecule has 2 heterocycles. The number of benzene rings is 1. The number of ether oxygens (including phenoxy) is 1. The normalized spacial score (nSPS) is 11.4. The van der Waals surface area contributed by atoms with Gasteiger partial charge < -0.3 is 4.74 Å². The highest BCUT2D eigenvalue weighted by Crippen LogP contribution is 2.34. The number of carbonyl (C=O) groups is 1. The average Bonchev–Trinajstić information content (AvgIpc) is 3.29. The molecule has 146 valence electrons. The zero-order chi connectivity index (χ0) is 20.3. The van der Waals surface area contributed by atoms with Gasteiger partial charge in [0.05, 0.1) is 41.0 Å². The average molecular weight is 407 g/mol. The molecule has 0 aliphatic carbocycles. The minimum atomic E-state index is -4.42. The Morgan fingerprint density at radius 2 is 2.18 bits per heavy atom. The lowest BCUT2D eigenvalue weighted by atomic mass is 10.1. The number of hydrogen-bond donors (Lipinski definition) is 0. The van der Waals surface area contributed by atoms with Crippen molar-refractivity contribution in [2.24, 2.45) is 0 Å². The number of thiazole rings is 1. The molecular formula is C19H16F3N3O2S. The number of esters is 1. The van der Waals surface area contributed by atoms with E-state index in [1.54, 1.807) is 19.1 Å². The number of rotatable bonds is 6. The topological polar surface area (TPSA) is 57.0 Å². The molecule has 1 aromatic carbocycles. The minimum absolute atomic E-state index is 0.246. The summed E-state index contributed by atoms with van der Waals surface area (Å²) in [6, 6.07) is 5.03. The summed E-state index contributed by atoms with van der Waals surface area (Å²) in [5, 5.41) is 4.57. The molecule has 5 nitrogen and oxygen atoms in total. The van der Waals surface area contributed by atoms with Crippen LogP contribution in [0.2, 0.25) is 0 Å². The van der Waals surface area contributed by atoms with Crippen molar-refractivity contribution in [2.75, 3.05) is 6.61 Å². The zero-order valence-electron chi connectivity index (χ0n) is 14.9. The predicted octanol–water partition coefficient (Wildman–Crippen LogP) is 4.89. The second kappa shape index (κ2) is 7.97. The molecule has 0 unspecified atom stereocenters. The van der Waals surface area contributed by atoms with E-state index in [2.05, 4.69) is 16.7 Å². The molecule has 0 aliphatic heterocycles. The second-order valence-electron chi connectivity index (χ2n) is 5.76. The van der Waals surface area contributed by atoms with Crippen LogP contribution in [0.15, 0.2) is 43.2 Å². The maximum absolute atomic E-state index is 13.0. The van der Waals surface area contributed by atoms with Gasteiger partial charge in [-0.05, 0) is 19.1 Å². The first-order valence-corrected chi connectivity index (χ1v) is 9.12. The summed E-state index contributed by atoms with van der Waals surface area (Å²) < 4.78 is 45.3. The fourth-order valence-corrected chi connectivity index (χ4v) is 3.43. The molecular weight excluding hydrogens is 391 g/mol. The molecule has 0 saturated heterocycles. The van der Waals surface area contributed by atoms with Crippen LogP contribution in [-0.2, 0) is 17.5 Å². The molecule has 28 heavy (non-hydrogen) atoms. The molecule has 3 aromatic rings. The molecule has 0 atom stereocenters. The highest BCUT2D eigenvalue weighted by Gasteiger charge is 2.30. The van der Waals surface area contributed by atoms with Gasteiger partial charge in [-0.25, -0.2) is 9.78 Å². The lowest BCUT2D eigenvalue weighted by Crippen LogP contribution is -2.05. The van der Waals surface area contributed by atoms with Gasteiger partial charge in [0, 0.05) is 11.8 Å². The van der Waals surface area contributed by atoms with Crippen LogP contribution in [-0.4, -0.2) is 27.3 Å². The van der Waals surface area contributed by atoms with Gasteiger partial charge in [0.1, 0.15) is 5.01 Å². The Balaban J connectivity index is 1.88. The van der Waals surface area contributed by atoms with Crippen molar-refractivity contribution in [1.82, 2.24) is 14.8 Å². The van der Waals surface area contributed by atoms with E-state index in [1.165, 1.54) is 34.5 Å². The standard InChI is InChI=1S/C19H16F3N3O2S/c1-3-16-15(11-25-10-13(9-23-25)18(26)27-4-2)24-17(28-16)12-6-5-7-14(8-12)19(20,21)22/h3,5-10H,1,4,11H2,2H3. The second-order valence-corrected chi connectivity index (χ2v) is 6.79. The zero-order valence-corrected chi connectivity index (χ0v) is 15.7. The number of carbonyl (C=O) groups excluding carboxylic acids is 1. The highest BCUT2D eigenvalue weighted by atomic mass is 32.1. The largest absolute Gasteiger partial charge is 0.462 e. The predicted molar refractivity (Wildman–Crippen MR) is 99.9 cm³/mol. The van der Waals surface area contributed by atoms with Crippen LogP contribution in [0.5, 0.6) is 0 Å². The molecule has 0 fully saturated rings. The van der Waals surface area contributed by atoms with Crippen molar-refractivity contribution < 1.29 is 22.7 Å². The molecule has 9 heteroatoms. The Hall–Kier alpha value is -2.94. The molecule has 3 rings (SSSR count). The van der Waals surface area contributed by atoms with Crippen LogP contribution in [0.1, 0.15) is 33.4 Å². The Morgan fingerprint density at radius 3 is 2.86 bits per heavy atom. The maximum atomic E-state index is 13.0. The highest BCUT2D eigenvalue weighted by molar-refractivity contribution is 7.16. The monoisotopic (exact) mass is 407 g/mol. The van der Waals surface area contributed by atoms with E-state index < -0.39 is 17.7 Å². The van der Waals surface area contributed by atoms with E-state index in [9.17, 15) is 18.0 Å². The van der Waals surface area contributed by atoms with E-state index in [0.717, 1.165) is 17.0 Å². The van der Waals surface area contributed by atoms with Crippen LogP contribution in [0.25, 0.3) is 16.6 Å². The van der Waals surface area contributed by atoms with Gasteiger partial charge in [-0.3, -0.25) is 4.68 Å². The third kappa shape index (κ3) is 4.30. The Kier molecular flexibility index (Phi) is 5.64. The molecule has 0 bridgehead atoms. The van der Waals surface area contributed by atoms with E-state index in [1.807, 2.05) is 0 Å². The third-order valence-electron chi connectivity index (χ3n) is 3.81. The summed E-state index contributed by atoms with van der Waals surface area (Å²) in [6.07, 6.45) is 0.107. The van der Waals surface area contributed by atoms with Crippen molar-refractivity contribution >= 4 is 23.4 Å². The fraction of sp³-hybridized carbons (Fsp3) is 0.211. The van der Waals surface area contributed by atoms with Gasteiger partial charge in [0.2, 0.25) is 0 Å². The van der Waals surface area contributed by atoms with Gasteiger partial charge in [-0.1, -0.05) is 24.8 Å². The third-order valence-corrected chi connectivity index (χ3v) is 4.95. The Labute approximate surface area is 163 Å². The van der Waals surface area contributed by atoms with Crippen molar-refractivity contribution in [3.63, 3.8) is 0 Å². The Bertz CT molecular complexity index is 1010. The van der Waals surface area contributed by atoms with Crippen LogP contribution in [0, 0.1) is 0 Å². The minimum Gasteiger partial charge on any atom is -0.462 e. The summed E-state index contributed by atoms with van der Waals surface area (Å²) in [6.45, 7) is 5.96. The molecule has 0 aliphatic rings. The fourth-order valence-electron chi connectivity index (χ4n) is 2.51. The molecule has 0 radical (unpaired) electrons. The number of aromatic nitrogens is 3. The van der Waals surface area contributed by atoms with Gasteiger partial charge >= 0.3 is 12.1 Å². The smallest absolute Gasteiger partial charge is 0.416 e. The van der Waals surface area contributed by atoms with E-state index in [0.29, 0.717) is 21.8 Å². The van der Waals surface area contributed by atoms with E-state index in [4.69, 9.17) is 4.74 Å². The summed E-state index contributed by atoms with van der Waals surface area (Å²) in [5.74, 6) is -0.472. The van der Waals surface area contributed by atoms with Crippen molar-refractivity contribution in [3.8, 4) is 10.6 Å². The van der Waals surface area contributed by atoms with Crippen LogP contribution < -0.4 is 0 Å². The first kappa shape index (κ1) is 19.8. The number of halogens is 3. The molecule has 0 N–H and O–H groups in total. The molecule has 0 spiro atoms. The van der Waals surface area contributed by atoms with Crippen LogP contribution in [0.4, 0.5) is 13.2 Å². The van der Waals surface area contributed by atoms with E-state index >= 15 is 0 Å². The lowest BCUT2D eigenvalue weighted by Gasteiger charge is -2.07. The van der Waals surface area contributed by atoms with Gasteiger partial charge in [-0.2, -0.15) is 18.3 Å². The molecule has 0 amide bonds. The van der Waals surface area contributed by atoms with Gasteiger partial charge in [0.15, 0.2) is 0 Å². The maximum Gasteiger partial charge on any atom is 0.416 e. The Morgan fingerprint density at radius 1 is 1.39 bits per heavy atom.